The van der Waals surface area contributed by atoms with Crippen molar-refractivity contribution in [1.29, 1.82) is 0 Å². The third-order valence-electron chi connectivity index (χ3n) is 4.42. The molecule has 3 rings (SSSR count). The molecular weight excluding hydrogens is 374 g/mol. The summed E-state index contributed by atoms with van der Waals surface area (Å²) in [4.78, 5) is 0. The van der Waals surface area contributed by atoms with E-state index in [0.717, 1.165) is 6.08 Å². The van der Waals surface area contributed by atoms with E-state index in [0.29, 0.717) is 35.3 Å². The van der Waals surface area contributed by atoms with Gasteiger partial charge in [-0.2, -0.15) is 26.3 Å². The number of benzene rings is 2. The average molecular weight is 388 g/mol. The zero-order chi connectivity index (χ0) is 20.0. The zero-order valence-electron chi connectivity index (χ0n) is 13.7. The average Bonchev–Trinajstić information content (AvgIpc) is 2.55. The lowest BCUT2D eigenvalue weighted by molar-refractivity contribution is -0.143. The SMILES string of the molecule is Oc1ccc2c(c1)CC/C(=C\c1cc(C(F)(F)F)cc(C(F)(F)F)c1)C2O. The highest BCUT2D eigenvalue weighted by molar-refractivity contribution is 5.59. The fraction of sp³-hybridized carbons (Fsp3) is 0.263. The molecule has 1 aliphatic rings. The van der Waals surface area contributed by atoms with Crippen LogP contribution in [0.25, 0.3) is 6.08 Å². The molecule has 0 spiro atoms. The molecule has 1 aliphatic carbocycles. The van der Waals surface area contributed by atoms with Gasteiger partial charge in [0.1, 0.15) is 11.9 Å². The first kappa shape index (κ1) is 19.3. The van der Waals surface area contributed by atoms with Crippen molar-refractivity contribution in [1.82, 2.24) is 0 Å². The highest BCUT2D eigenvalue weighted by atomic mass is 19.4. The summed E-state index contributed by atoms with van der Waals surface area (Å²) < 4.78 is 77.8. The number of phenols is 1. The van der Waals surface area contributed by atoms with Crippen LogP contribution < -0.4 is 0 Å². The van der Waals surface area contributed by atoms with Crippen LogP contribution in [0.2, 0.25) is 0 Å². The molecule has 0 radical (unpaired) electrons. The number of phenolic OH excluding ortho intramolecular Hbond substituents is 1. The number of hydrogen-bond donors (Lipinski definition) is 2. The maximum atomic E-state index is 13.0. The van der Waals surface area contributed by atoms with Crippen LogP contribution in [0.5, 0.6) is 5.75 Å². The van der Waals surface area contributed by atoms with Gasteiger partial charge in [-0.15, -0.1) is 0 Å². The van der Waals surface area contributed by atoms with E-state index in [2.05, 4.69) is 0 Å². The van der Waals surface area contributed by atoms with Crippen molar-refractivity contribution in [2.24, 2.45) is 0 Å². The summed E-state index contributed by atoms with van der Waals surface area (Å²) in [6.07, 6.45) is -9.22. The first-order valence-corrected chi connectivity index (χ1v) is 7.95. The Morgan fingerprint density at radius 2 is 1.44 bits per heavy atom. The summed E-state index contributed by atoms with van der Waals surface area (Å²) in [5, 5.41) is 19.9. The number of halogens is 6. The van der Waals surface area contributed by atoms with Crippen LogP contribution in [0.15, 0.2) is 42.0 Å². The molecule has 2 aromatic carbocycles. The van der Waals surface area contributed by atoms with Crippen molar-refractivity contribution in [3.63, 3.8) is 0 Å². The number of aryl methyl sites for hydroxylation is 1. The Labute approximate surface area is 150 Å². The minimum atomic E-state index is -4.93. The second kappa shape index (κ2) is 6.60. The van der Waals surface area contributed by atoms with Gasteiger partial charge < -0.3 is 10.2 Å². The molecule has 0 aromatic heterocycles. The number of aromatic hydroxyl groups is 1. The molecule has 2 aromatic rings. The van der Waals surface area contributed by atoms with Crippen molar-refractivity contribution < 1.29 is 36.6 Å². The summed E-state index contributed by atoms with van der Waals surface area (Å²) >= 11 is 0. The first-order chi connectivity index (χ1) is 12.4. The van der Waals surface area contributed by atoms with E-state index in [-0.39, 0.29) is 23.8 Å². The molecule has 2 nitrogen and oxygen atoms in total. The third kappa shape index (κ3) is 4.10. The molecule has 1 unspecified atom stereocenters. The standard InChI is InChI=1S/C19H14F6O2/c20-18(21,22)13-6-10(7-14(9-13)19(23,24)25)5-12-2-1-11-8-15(26)3-4-16(11)17(12)27/h3-9,17,26-27H,1-2H2/b12-5+. The van der Waals surface area contributed by atoms with E-state index in [1.54, 1.807) is 0 Å². The Morgan fingerprint density at radius 3 is 2.00 bits per heavy atom. The van der Waals surface area contributed by atoms with Crippen LogP contribution >= 0.6 is 0 Å². The van der Waals surface area contributed by atoms with E-state index in [4.69, 9.17) is 0 Å². The largest absolute Gasteiger partial charge is 0.508 e. The van der Waals surface area contributed by atoms with Crippen molar-refractivity contribution in [3.05, 3.63) is 69.8 Å². The maximum Gasteiger partial charge on any atom is 0.416 e. The highest BCUT2D eigenvalue weighted by Crippen LogP contribution is 2.39. The molecule has 8 heteroatoms. The molecular formula is C19H14F6O2. The summed E-state index contributed by atoms with van der Waals surface area (Å²) in [5.74, 6) is 0.0149. The van der Waals surface area contributed by atoms with Crippen molar-refractivity contribution in [3.8, 4) is 5.75 Å². The lowest BCUT2D eigenvalue weighted by atomic mass is 9.84. The van der Waals surface area contributed by atoms with Crippen LogP contribution in [-0.4, -0.2) is 10.2 Å². The fourth-order valence-corrected chi connectivity index (χ4v) is 3.12. The Balaban J connectivity index is 2.05. The minimum Gasteiger partial charge on any atom is -0.508 e. The molecule has 0 fully saturated rings. The Hall–Kier alpha value is -2.48. The molecule has 0 heterocycles. The number of hydrogen-bond acceptors (Lipinski definition) is 2. The summed E-state index contributed by atoms with van der Waals surface area (Å²) in [6, 6.07) is 5.63. The molecule has 144 valence electrons. The summed E-state index contributed by atoms with van der Waals surface area (Å²) in [7, 11) is 0. The lowest BCUT2D eigenvalue weighted by Gasteiger charge is -2.25. The normalized spacial score (nSPS) is 19.2. The number of rotatable bonds is 1. The molecule has 0 saturated heterocycles. The van der Waals surface area contributed by atoms with E-state index in [9.17, 15) is 36.6 Å². The number of alkyl halides is 6. The van der Waals surface area contributed by atoms with Gasteiger partial charge in [0.2, 0.25) is 0 Å². The Bertz CT molecular complexity index is 864. The van der Waals surface area contributed by atoms with Crippen LogP contribution in [0.3, 0.4) is 0 Å². The molecule has 0 aliphatic heterocycles. The quantitative estimate of drug-likeness (QED) is 0.634. The monoisotopic (exact) mass is 388 g/mol. The van der Waals surface area contributed by atoms with Gasteiger partial charge in [-0.25, -0.2) is 0 Å². The Morgan fingerprint density at radius 1 is 0.852 bits per heavy atom. The van der Waals surface area contributed by atoms with Gasteiger partial charge >= 0.3 is 12.4 Å². The van der Waals surface area contributed by atoms with Gasteiger partial charge in [0, 0.05) is 0 Å². The second-order valence-electron chi connectivity index (χ2n) is 6.34. The van der Waals surface area contributed by atoms with Crippen LogP contribution in [-0.2, 0) is 18.8 Å². The smallest absolute Gasteiger partial charge is 0.416 e. The maximum absolute atomic E-state index is 13.0. The van der Waals surface area contributed by atoms with Crippen LogP contribution in [0, 0.1) is 0 Å². The van der Waals surface area contributed by atoms with Crippen molar-refractivity contribution in [2.45, 2.75) is 31.3 Å². The number of aliphatic hydroxyl groups excluding tert-OH is 1. The molecule has 0 bridgehead atoms. The topological polar surface area (TPSA) is 40.5 Å². The lowest BCUT2D eigenvalue weighted by Crippen LogP contribution is -2.13. The van der Waals surface area contributed by atoms with Crippen molar-refractivity contribution >= 4 is 6.08 Å². The predicted octanol–water partition coefficient (Wildman–Crippen LogP) is 5.49. The van der Waals surface area contributed by atoms with Gasteiger partial charge in [-0.1, -0.05) is 12.1 Å². The molecule has 0 amide bonds. The molecule has 27 heavy (non-hydrogen) atoms. The predicted molar refractivity (Wildman–Crippen MR) is 85.8 cm³/mol. The number of aliphatic hydroxyl groups is 1. The van der Waals surface area contributed by atoms with Gasteiger partial charge in [-0.3, -0.25) is 0 Å². The molecule has 0 saturated carbocycles. The molecule has 2 N–H and O–H groups in total. The van der Waals surface area contributed by atoms with E-state index in [1.807, 2.05) is 0 Å². The third-order valence-corrected chi connectivity index (χ3v) is 4.42. The highest BCUT2D eigenvalue weighted by Gasteiger charge is 2.37. The van der Waals surface area contributed by atoms with E-state index in [1.165, 1.54) is 18.2 Å². The van der Waals surface area contributed by atoms with E-state index >= 15 is 0 Å². The van der Waals surface area contributed by atoms with Gasteiger partial charge in [0.25, 0.3) is 0 Å². The van der Waals surface area contributed by atoms with Crippen LogP contribution in [0.4, 0.5) is 26.3 Å². The Kier molecular flexibility index (Phi) is 4.71. The summed E-state index contributed by atoms with van der Waals surface area (Å²) in [6.45, 7) is 0. The van der Waals surface area contributed by atoms with Crippen LogP contribution in [0.1, 0.15) is 40.3 Å². The minimum absolute atomic E-state index is 0.0149. The van der Waals surface area contributed by atoms with Gasteiger partial charge in [-0.05, 0) is 65.4 Å². The van der Waals surface area contributed by atoms with Gasteiger partial charge in [0.15, 0.2) is 0 Å². The fourth-order valence-electron chi connectivity index (χ4n) is 3.12. The van der Waals surface area contributed by atoms with E-state index < -0.39 is 29.6 Å². The first-order valence-electron chi connectivity index (χ1n) is 7.95. The van der Waals surface area contributed by atoms with Gasteiger partial charge in [0.05, 0.1) is 11.1 Å². The molecule has 1 atom stereocenters. The van der Waals surface area contributed by atoms with Crippen molar-refractivity contribution in [2.75, 3.05) is 0 Å². The summed E-state index contributed by atoms with van der Waals surface area (Å²) in [5.41, 5.74) is -1.64. The second-order valence-corrected chi connectivity index (χ2v) is 6.34. The number of fused-ring (bicyclic) bond motifs is 1. The zero-order valence-corrected chi connectivity index (χ0v) is 13.7.